The van der Waals surface area contributed by atoms with Gasteiger partial charge in [-0.05, 0) is 25.0 Å². The van der Waals surface area contributed by atoms with Gasteiger partial charge in [0.25, 0.3) is 0 Å². The molecule has 0 radical (unpaired) electrons. The van der Waals surface area contributed by atoms with Crippen LogP contribution in [0.1, 0.15) is 37.1 Å². The van der Waals surface area contributed by atoms with Crippen molar-refractivity contribution < 1.29 is 9.63 Å². The predicted molar refractivity (Wildman–Crippen MR) is 81.1 cm³/mol. The highest BCUT2D eigenvalue weighted by Crippen LogP contribution is 2.41. The van der Waals surface area contributed by atoms with Crippen LogP contribution in [-0.4, -0.2) is 11.0 Å². The molecule has 0 spiro atoms. The molecule has 0 N–H and O–H groups in total. The zero-order valence-electron chi connectivity index (χ0n) is 12.3. The van der Waals surface area contributed by atoms with Crippen LogP contribution in [0.15, 0.2) is 60.7 Å². The molecule has 1 saturated heterocycles. The number of benzene rings is 2. The van der Waals surface area contributed by atoms with E-state index < -0.39 is 0 Å². The molecule has 0 aliphatic carbocycles. The Labute approximate surface area is 125 Å². The Morgan fingerprint density at radius 2 is 1.57 bits per heavy atom. The van der Waals surface area contributed by atoms with Crippen molar-refractivity contribution in [2.75, 3.05) is 0 Å². The number of hydrogen-bond donors (Lipinski definition) is 0. The molecule has 21 heavy (non-hydrogen) atoms. The van der Waals surface area contributed by atoms with Crippen molar-refractivity contribution in [1.82, 2.24) is 5.06 Å². The number of carbonyl (C=O) groups is 1. The minimum absolute atomic E-state index is 0.0188. The summed E-state index contributed by atoms with van der Waals surface area (Å²) >= 11 is 0. The first-order chi connectivity index (χ1) is 10.2. The molecule has 2 aromatic rings. The third kappa shape index (κ3) is 2.57. The maximum Gasteiger partial charge on any atom is 0.329 e. The summed E-state index contributed by atoms with van der Waals surface area (Å²) in [6.07, 6.45) is 0. The van der Waals surface area contributed by atoms with Crippen LogP contribution in [0.25, 0.3) is 0 Å². The molecule has 108 valence electrons. The molecule has 2 aromatic carbocycles. The molecule has 1 aliphatic heterocycles. The lowest BCUT2D eigenvalue weighted by Gasteiger charge is -2.29. The van der Waals surface area contributed by atoms with Crippen molar-refractivity contribution in [3.8, 4) is 0 Å². The molecule has 3 atom stereocenters. The van der Waals surface area contributed by atoms with Crippen molar-refractivity contribution in [2.45, 2.75) is 25.9 Å². The van der Waals surface area contributed by atoms with Crippen molar-refractivity contribution >= 4 is 5.97 Å². The van der Waals surface area contributed by atoms with Gasteiger partial charge < -0.3 is 4.84 Å². The summed E-state index contributed by atoms with van der Waals surface area (Å²) in [5.74, 6) is -0.329. The number of hydrogen-bond acceptors (Lipinski definition) is 3. The number of carbonyl (C=O) groups excluding carboxylic acids is 1. The van der Waals surface area contributed by atoms with Crippen molar-refractivity contribution in [3.63, 3.8) is 0 Å². The van der Waals surface area contributed by atoms with Crippen molar-refractivity contribution in [3.05, 3.63) is 71.8 Å². The summed E-state index contributed by atoms with van der Waals surface area (Å²) in [4.78, 5) is 17.6. The highest BCUT2D eigenvalue weighted by molar-refractivity contribution is 5.74. The third-order valence-corrected chi connectivity index (χ3v) is 4.12. The van der Waals surface area contributed by atoms with E-state index >= 15 is 0 Å². The van der Waals surface area contributed by atoms with Gasteiger partial charge in [0.15, 0.2) is 0 Å². The molecule has 0 saturated carbocycles. The van der Waals surface area contributed by atoms with Gasteiger partial charge in [0, 0.05) is 0 Å². The van der Waals surface area contributed by atoms with Crippen LogP contribution < -0.4 is 0 Å². The Morgan fingerprint density at radius 3 is 2.19 bits per heavy atom. The molecule has 3 rings (SSSR count). The Bertz CT molecular complexity index is 612. The van der Waals surface area contributed by atoms with Crippen LogP contribution in [0.3, 0.4) is 0 Å². The van der Waals surface area contributed by atoms with Crippen LogP contribution in [0.5, 0.6) is 0 Å². The first kappa shape index (κ1) is 13.8. The summed E-state index contributed by atoms with van der Waals surface area (Å²) in [6.45, 7) is 3.99. The second-order valence-corrected chi connectivity index (χ2v) is 5.50. The molecule has 0 bridgehead atoms. The van der Waals surface area contributed by atoms with Gasteiger partial charge >= 0.3 is 5.97 Å². The molecule has 1 aliphatic rings. The average molecular weight is 281 g/mol. The fourth-order valence-electron chi connectivity index (χ4n) is 2.88. The van der Waals surface area contributed by atoms with E-state index in [1.165, 1.54) is 0 Å². The smallest absolute Gasteiger partial charge is 0.329 e. The Kier molecular flexibility index (Phi) is 3.76. The van der Waals surface area contributed by atoms with Gasteiger partial charge in [-0.25, -0.2) is 4.79 Å². The van der Waals surface area contributed by atoms with Crippen molar-refractivity contribution in [2.24, 2.45) is 5.92 Å². The maximum absolute atomic E-state index is 12.0. The minimum atomic E-state index is -0.168. The molecule has 3 nitrogen and oxygen atoms in total. The predicted octanol–water partition coefficient (Wildman–Crippen LogP) is 3.90. The summed E-state index contributed by atoms with van der Waals surface area (Å²) in [6, 6.07) is 20.2. The van der Waals surface area contributed by atoms with Crippen LogP contribution in [0.4, 0.5) is 0 Å². The van der Waals surface area contributed by atoms with Gasteiger partial charge in [0.1, 0.15) is 0 Å². The quantitative estimate of drug-likeness (QED) is 0.854. The van der Waals surface area contributed by atoms with Gasteiger partial charge in [-0.2, -0.15) is 0 Å². The van der Waals surface area contributed by atoms with E-state index in [2.05, 4.69) is 19.1 Å². The number of nitrogens with zero attached hydrogens (tertiary/aromatic N) is 1. The highest BCUT2D eigenvalue weighted by atomic mass is 16.7. The minimum Gasteiger partial charge on any atom is -0.366 e. The third-order valence-electron chi connectivity index (χ3n) is 4.12. The van der Waals surface area contributed by atoms with E-state index in [-0.39, 0.29) is 24.0 Å². The maximum atomic E-state index is 12.0. The van der Waals surface area contributed by atoms with Crippen LogP contribution >= 0.6 is 0 Å². The monoisotopic (exact) mass is 281 g/mol. The number of rotatable bonds is 3. The summed E-state index contributed by atoms with van der Waals surface area (Å²) in [5, 5.41) is 1.83. The lowest BCUT2D eigenvalue weighted by atomic mass is 9.94. The average Bonchev–Trinajstić information content (AvgIpc) is 2.84. The molecule has 0 amide bonds. The zero-order chi connectivity index (χ0) is 14.8. The van der Waals surface area contributed by atoms with Gasteiger partial charge in [-0.15, -0.1) is 5.06 Å². The summed E-state index contributed by atoms with van der Waals surface area (Å²) in [7, 11) is 0. The van der Waals surface area contributed by atoms with E-state index in [1.54, 1.807) is 0 Å². The fraction of sp³-hybridized carbons (Fsp3) is 0.278. The van der Waals surface area contributed by atoms with Crippen LogP contribution in [0, 0.1) is 5.92 Å². The summed E-state index contributed by atoms with van der Waals surface area (Å²) < 4.78 is 0. The van der Waals surface area contributed by atoms with Crippen LogP contribution in [-0.2, 0) is 9.63 Å². The first-order valence-corrected chi connectivity index (χ1v) is 7.28. The molecule has 0 aromatic heterocycles. The Balaban J connectivity index is 1.95. The molecule has 0 unspecified atom stereocenters. The normalized spacial score (nSPS) is 23.8. The molecule has 1 heterocycles. The number of hydroxylamine groups is 2. The molecular weight excluding hydrogens is 262 g/mol. The lowest BCUT2D eigenvalue weighted by molar-refractivity contribution is -0.186. The topological polar surface area (TPSA) is 29.5 Å². The molecule has 1 fully saturated rings. The lowest BCUT2D eigenvalue weighted by Crippen LogP contribution is -2.27. The van der Waals surface area contributed by atoms with E-state index in [0.717, 1.165) is 11.1 Å². The van der Waals surface area contributed by atoms with Crippen molar-refractivity contribution in [1.29, 1.82) is 0 Å². The second-order valence-electron chi connectivity index (χ2n) is 5.50. The first-order valence-electron chi connectivity index (χ1n) is 7.28. The molecular formula is C18H19NO2. The van der Waals surface area contributed by atoms with E-state index in [0.29, 0.717) is 0 Å². The highest BCUT2D eigenvalue weighted by Gasteiger charge is 2.43. The van der Waals surface area contributed by atoms with Gasteiger partial charge in [-0.1, -0.05) is 60.7 Å². The van der Waals surface area contributed by atoms with E-state index in [4.69, 9.17) is 4.84 Å². The van der Waals surface area contributed by atoms with Gasteiger partial charge in [0.2, 0.25) is 0 Å². The Hall–Kier alpha value is -2.13. The largest absolute Gasteiger partial charge is 0.366 e. The SMILES string of the molecule is C[C@@H]1C(=O)ON([C@@H](C)c2ccccc2)[C@H]1c1ccccc1. The van der Waals surface area contributed by atoms with Crippen LogP contribution in [0.2, 0.25) is 0 Å². The summed E-state index contributed by atoms with van der Waals surface area (Å²) in [5.41, 5.74) is 2.25. The zero-order valence-corrected chi connectivity index (χ0v) is 12.3. The van der Waals surface area contributed by atoms with E-state index in [1.807, 2.05) is 60.5 Å². The Morgan fingerprint density at radius 1 is 1.00 bits per heavy atom. The molecule has 3 heteroatoms. The second kappa shape index (κ2) is 5.70. The van der Waals surface area contributed by atoms with Gasteiger partial charge in [0.05, 0.1) is 18.0 Å². The fourth-order valence-corrected chi connectivity index (χ4v) is 2.88. The standard InChI is InChI=1S/C18H19NO2/c1-13-17(16-11-7-4-8-12-16)19(21-18(13)20)14(2)15-9-5-3-6-10-15/h3-14,17H,1-2H3/t13-,14-,17+/m0/s1. The van der Waals surface area contributed by atoms with Gasteiger partial charge in [-0.3, -0.25) is 0 Å². The van der Waals surface area contributed by atoms with E-state index in [9.17, 15) is 4.79 Å².